The monoisotopic (exact) mass is 222 g/mol. The van der Waals surface area contributed by atoms with Gasteiger partial charge in [-0.25, -0.2) is 0 Å². The maximum atomic E-state index is 11.6. The molecular weight excluding hydrogens is 204 g/mol. The minimum atomic E-state index is -0.724. The molecule has 0 aliphatic rings. The summed E-state index contributed by atoms with van der Waals surface area (Å²) in [6, 6.07) is 9.42. The lowest BCUT2D eigenvalue weighted by Crippen LogP contribution is -2.49. The summed E-state index contributed by atoms with van der Waals surface area (Å²) >= 11 is 0. The van der Waals surface area contributed by atoms with E-state index >= 15 is 0 Å². The van der Waals surface area contributed by atoms with Crippen molar-refractivity contribution in [1.29, 1.82) is 0 Å². The first-order valence-electron chi connectivity index (χ1n) is 5.19. The molecule has 1 aromatic carbocycles. The van der Waals surface area contributed by atoms with Gasteiger partial charge in [0.1, 0.15) is 0 Å². The van der Waals surface area contributed by atoms with Gasteiger partial charge in [0.2, 0.25) is 5.91 Å². The summed E-state index contributed by atoms with van der Waals surface area (Å²) in [4.78, 5) is 13.1. The van der Waals surface area contributed by atoms with Crippen molar-refractivity contribution in [3.63, 3.8) is 0 Å². The predicted molar refractivity (Wildman–Crippen MR) is 62.7 cm³/mol. The smallest absolute Gasteiger partial charge is 0.236 e. The molecule has 1 aromatic rings. The molecule has 0 radical (unpaired) electrons. The lowest BCUT2D eigenvalue weighted by Gasteiger charge is -2.37. The lowest BCUT2D eigenvalue weighted by molar-refractivity contribution is -0.135. The van der Waals surface area contributed by atoms with E-state index in [0.717, 1.165) is 5.56 Å². The van der Waals surface area contributed by atoms with E-state index in [2.05, 4.69) is 0 Å². The van der Waals surface area contributed by atoms with Gasteiger partial charge in [-0.15, -0.1) is 0 Å². The van der Waals surface area contributed by atoms with Gasteiger partial charge in [-0.1, -0.05) is 30.3 Å². The number of likely N-dealkylation sites (N-methyl/N-ethyl adjacent to an activating group) is 1. The normalized spacial score (nSPS) is 14.2. The SMILES string of the molecule is CN(C(=O)CN)[C@@](C)(CO)c1ccccc1. The summed E-state index contributed by atoms with van der Waals surface area (Å²) in [5, 5.41) is 9.52. The highest BCUT2D eigenvalue weighted by atomic mass is 16.3. The molecule has 0 spiro atoms. The van der Waals surface area contributed by atoms with Gasteiger partial charge in [0.05, 0.1) is 18.7 Å². The second kappa shape index (κ2) is 5.09. The molecule has 0 heterocycles. The van der Waals surface area contributed by atoms with Gasteiger partial charge in [0.25, 0.3) is 0 Å². The molecule has 3 N–H and O–H groups in total. The van der Waals surface area contributed by atoms with Gasteiger partial charge in [-0.3, -0.25) is 4.79 Å². The first kappa shape index (κ1) is 12.7. The number of benzene rings is 1. The summed E-state index contributed by atoms with van der Waals surface area (Å²) in [5.74, 6) is -0.194. The molecule has 0 unspecified atom stereocenters. The predicted octanol–water partition coefficient (Wildman–Crippen LogP) is 0.311. The Balaban J connectivity index is 3.07. The highest BCUT2D eigenvalue weighted by Gasteiger charge is 2.33. The second-order valence-corrected chi connectivity index (χ2v) is 3.95. The fraction of sp³-hybridized carbons (Fsp3) is 0.417. The number of hydrogen-bond acceptors (Lipinski definition) is 3. The second-order valence-electron chi connectivity index (χ2n) is 3.95. The van der Waals surface area contributed by atoms with Gasteiger partial charge in [-0.05, 0) is 12.5 Å². The summed E-state index contributed by atoms with van der Waals surface area (Å²) in [6.07, 6.45) is 0. The number of carbonyl (C=O) groups excluding carboxylic acids is 1. The van der Waals surface area contributed by atoms with Crippen molar-refractivity contribution in [2.24, 2.45) is 5.73 Å². The van der Waals surface area contributed by atoms with Crippen LogP contribution in [0.3, 0.4) is 0 Å². The van der Waals surface area contributed by atoms with E-state index in [4.69, 9.17) is 5.73 Å². The van der Waals surface area contributed by atoms with Gasteiger partial charge < -0.3 is 15.7 Å². The number of rotatable bonds is 4. The molecule has 0 fully saturated rings. The van der Waals surface area contributed by atoms with Crippen molar-refractivity contribution >= 4 is 5.91 Å². The number of amides is 1. The molecule has 16 heavy (non-hydrogen) atoms. The first-order chi connectivity index (χ1) is 7.56. The largest absolute Gasteiger partial charge is 0.394 e. The third-order valence-corrected chi connectivity index (χ3v) is 2.99. The van der Waals surface area contributed by atoms with E-state index < -0.39 is 5.54 Å². The van der Waals surface area contributed by atoms with Crippen LogP contribution in [0.5, 0.6) is 0 Å². The number of aliphatic hydroxyl groups is 1. The summed E-state index contributed by atoms with van der Waals surface area (Å²) in [7, 11) is 1.65. The maximum Gasteiger partial charge on any atom is 0.236 e. The third kappa shape index (κ3) is 2.23. The topological polar surface area (TPSA) is 66.6 Å². The van der Waals surface area contributed by atoms with Crippen molar-refractivity contribution in [1.82, 2.24) is 4.90 Å². The maximum absolute atomic E-state index is 11.6. The number of nitrogens with two attached hydrogens (primary N) is 1. The molecule has 1 amide bonds. The Kier molecular flexibility index (Phi) is 4.04. The molecule has 0 saturated carbocycles. The van der Waals surface area contributed by atoms with Crippen molar-refractivity contribution < 1.29 is 9.90 Å². The number of carbonyl (C=O) groups is 1. The molecule has 0 saturated heterocycles. The Morgan fingerprint density at radius 2 is 2.00 bits per heavy atom. The van der Waals surface area contributed by atoms with Crippen molar-refractivity contribution in [3.05, 3.63) is 35.9 Å². The zero-order chi connectivity index (χ0) is 12.2. The molecule has 1 atom stereocenters. The Bertz CT molecular complexity index is 353. The van der Waals surface area contributed by atoms with E-state index in [1.807, 2.05) is 37.3 Å². The van der Waals surface area contributed by atoms with E-state index in [9.17, 15) is 9.90 Å². The van der Waals surface area contributed by atoms with Gasteiger partial charge in [-0.2, -0.15) is 0 Å². The van der Waals surface area contributed by atoms with Crippen LogP contribution in [0.4, 0.5) is 0 Å². The summed E-state index contributed by atoms with van der Waals surface area (Å²) < 4.78 is 0. The summed E-state index contributed by atoms with van der Waals surface area (Å²) in [6.45, 7) is 1.62. The fourth-order valence-corrected chi connectivity index (χ4v) is 1.60. The van der Waals surface area contributed by atoms with Crippen LogP contribution in [0, 0.1) is 0 Å². The quantitative estimate of drug-likeness (QED) is 0.770. The van der Waals surface area contributed by atoms with Gasteiger partial charge >= 0.3 is 0 Å². The number of nitrogens with zero attached hydrogens (tertiary/aromatic N) is 1. The number of hydrogen-bond donors (Lipinski definition) is 2. The van der Waals surface area contributed by atoms with E-state index in [1.54, 1.807) is 7.05 Å². The molecule has 0 aromatic heterocycles. The molecule has 0 bridgehead atoms. The Morgan fingerprint density at radius 1 is 1.44 bits per heavy atom. The van der Waals surface area contributed by atoms with Gasteiger partial charge in [0.15, 0.2) is 0 Å². The van der Waals surface area contributed by atoms with Crippen LogP contribution in [-0.2, 0) is 10.3 Å². The highest BCUT2D eigenvalue weighted by molar-refractivity contribution is 5.78. The van der Waals surface area contributed by atoms with Crippen LogP contribution in [0.15, 0.2) is 30.3 Å². The zero-order valence-corrected chi connectivity index (χ0v) is 9.68. The standard InChI is InChI=1S/C12H18N2O2/c1-12(9-15,14(2)11(16)8-13)10-6-4-3-5-7-10/h3-7,15H,8-9,13H2,1-2H3/t12-/m0/s1. The van der Waals surface area contributed by atoms with Crippen LogP contribution in [0.1, 0.15) is 12.5 Å². The van der Waals surface area contributed by atoms with Crippen LogP contribution in [0.2, 0.25) is 0 Å². The van der Waals surface area contributed by atoms with Crippen LogP contribution in [0.25, 0.3) is 0 Å². The minimum absolute atomic E-state index is 0.0566. The van der Waals surface area contributed by atoms with Crippen molar-refractivity contribution in [3.8, 4) is 0 Å². The molecule has 4 nitrogen and oxygen atoms in total. The van der Waals surface area contributed by atoms with E-state index in [0.29, 0.717) is 0 Å². The fourth-order valence-electron chi connectivity index (χ4n) is 1.60. The molecule has 1 rings (SSSR count). The Morgan fingerprint density at radius 3 is 2.44 bits per heavy atom. The average molecular weight is 222 g/mol. The minimum Gasteiger partial charge on any atom is -0.394 e. The highest BCUT2D eigenvalue weighted by Crippen LogP contribution is 2.26. The lowest BCUT2D eigenvalue weighted by atomic mass is 9.91. The Labute approximate surface area is 95.7 Å². The first-order valence-corrected chi connectivity index (χ1v) is 5.19. The van der Waals surface area contributed by atoms with Gasteiger partial charge in [0, 0.05) is 7.05 Å². The number of aliphatic hydroxyl groups excluding tert-OH is 1. The molecule has 4 heteroatoms. The van der Waals surface area contributed by atoms with E-state index in [1.165, 1.54) is 4.90 Å². The van der Waals surface area contributed by atoms with Crippen LogP contribution in [-0.4, -0.2) is 36.1 Å². The van der Waals surface area contributed by atoms with Crippen molar-refractivity contribution in [2.75, 3.05) is 20.2 Å². The Hall–Kier alpha value is -1.39. The van der Waals surface area contributed by atoms with Crippen LogP contribution >= 0.6 is 0 Å². The van der Waals surface area contributed by atoms with E-state index in [-0.39, 0.29) is 19.1 Å². The molecular formula is C12H18N2O2. The van der Waals surface area contributed by atoms with Crippen LogP contribution < -0.4 is 5.73 Å². The molecule has 0 aliphatic carbocycles. The molecule has 88 valence electrons. The average Bonchev–Trinajstić information content (AvgIpc) is 2.37. The third-order valence-electron chi connectivity index (χ3n) is 2.99. The summed E-state index contributed by atoms with van der Waals surface area (Å²) in [5.41, 5.74) is 5.50. The van der Waals surface area contributed by atoms with Crippen molar-refractivity contribution in [2.45, 2.75) is 12.5 Å². The molecule has 0 aliphatic heterocycles. The zero-order valence-electron chi connectivity index (χ0n) is 9.68.